The van der Waals surface area contributed by atoms with Crippen molar-refractivity contribution in [3.63, 3.8) is 0 Å². The summed E-state index contributed by atoms with van der Waals surface area (Å²) in [7, 11) is 0. The highest BCUT2D eigenvalue weighted by Gasteiger charge is 2.19. The summed E-state index contributed by atoms with van der Waals surface area (Å²) < 4.78 is 44.2. The lowest BCUT2D eigenvalue weighted by molar-refractivity contribution is -0.0498. The second-order valence-corrected chi connectivity index (χ2v) is 8.72. The van der Waals surface area contributed by atoms with Gasteiger partial charge in [0.2, 0.25) is 0 Å². The van der Waals surface area contributed by atoms with Crippen molar-refractivity contribution in [3.8, 4) is 16.9 Å². The molecule has 31 heavy (non-hydrogen) atoms. The summed E-state index contributed by atoms with van der Waals surface area (Å²) in [6.07, 6.45) is 8.95. The zero-order valence-electron chi connectivity index (χ0n) is 17.9. The highest BCUT2D eigenvalue weighted by molar-refractivity contribution is 5.88. The minimum Gasteiger partial charge on any atom is -0.435 e. The minimum atomic E-state index is -2.87. The van der Waals surface area contributed by atoms with E-state index in [1.165, 1.54) is 56.2 Å². The van der Waals surface area contributed by atoms with Crippen LogP contribution in [-0.4, -0.2) is 6.61 Å². The topological polar surface area (TPSA) is 9.23 Å². The van der Waals surface area contributed by atoms with Crippen LogP contribution < -0.4 is 4.74 Å². The third-order valence-electron chi connectivity index (χ3n) is 6.79. The normalized spacial score (nSPS) is 19.1. The third-order valence-corrected chi connectivity index (χ3v) is 6.79. The molecule has 0 aliphatic heterocycles. The molecule has 1 aliphatic rings. The number of halogens is 3. The van der Waals surface area contributed by atoms with Crippen LogP contribution in [0.1, 0.15) is 51.0 Å². The molecular weight excluding hydrogens is 397 g/mol. The zero-order chi connectivity index (χ0) is 21.8. The maximum absolute atomic E-state index is 15.2. The Morgan fingerprint density at radius 3 is 2.29 bits per heavy atom. The molecule has 0 amide bonds. The minimum absolute atomic E-state index is 0.0627. The molecule has 0 aromatic heterocycles. The van der Waals surface area contributed by atoms with Crippen molar-refractivity contribution in [1.82, 2.24) is 0 Å². The molecule has 1 nitrogen and oxygen atoms in total. The Balaban J connectivity index is 1.46. The van der Waals surface area contributed by atoms with Gasteiger partial charge in [0.15, 0.2) is 0 Å². The van der Waals surface area contributed by atoms with Crippen molar-refractivity contribution in [3.05, 3.63) is 66.0 Å². The number of benzene rings is 3. The van der Waals surface area contributed by atoms with Crippen molar-refractivity contribution in [2.45, 2.75) is 58.5 Å². The van der Waals surface area contributed by atoms with E-state index in [1.807, 2.05) is 18.2 Å². The van der Waals surface area contributed by atoms with Gasteiger partial charge in [-0.1, -0.05) is 81.5 Å². The van der Waals surface area contributed by atoms with Gasteiger partial charge < -0.3 is 4.74 Å². The Labute approximate surface area is 182 Å². The Hall–Kier alpha value is -2.49. The second kappa shape index (κ2) is 9.76. The summed E-state index contributed by atoms with van der Waals surface area (Å²) in [4.78, 5) is 0. The molecule has 0 atom stereocenters. The number of rotatable bonds is 7. The summed E-state index contributed by atoms with van der Waals surface area (Å²) in [6.45, 7) is -0.578. The van der Waals surface area contributed by atoms with Crippen LogP contribution in [0.3, 0.4) is 0 Å². The van der Waals surface area contributed by atoms with Crippen LogP contribution in [0.4, 0.5) is 13.2 Å². The van der Waals surface area contributed by atoms with Gasteiger partial charge in [-0.05, 0) is 53.3 Å². The summed E-state index contributed by atoms with van der Waals surface area (Å²) in [5.41, 5.74) is 2.34. The Morgan fingerprint density at radius 1 is 0.903 bits per heavy atom. The van der Waals surface area contributed by atoms with Gasteiger partial charge in [-0.15, -0.1) is 0 Å². The van der Waals surface area contributed by atoms with Crippen molar-refractivity contribution in [1.29, 1.82) is 0 Å². The standard InChI is InChI=1S/C27H29F3O/c1-2-18-3-5-19(6-4-18)7-8-20-9-15-25-22(17-20)12-16-24(26(25)28)21-10-13-23(14-11-21)31-27(29)30/h9-19,27H,2-8H2,1H3/t18-,19-. The molecule has 3 aromatic carbocycles. The van der Waals surface area contributed by atoms with Gasteiger partial charge in [0.25, 0.3) is 0 Å². The van der Waals surface area contributed by atoms with E-state index in [9.17, 15) is 8.78 Å². The Morgan fingerprint density at radius 2 is 1.61 bits per heavy atom. The van der Waals surface area contributed by atoms with Gasteiger partial charge in [0.1, 0.15) is 11.6 Å². The van der Waals surface area contributed by atoms with Crippen LogP contribution >= 0.6 is 0 Å². The van der Waals surface area contributed by atoms with Gasteiger partial charge >= 0.3 is 6.61 Å². The number of aryl methyl sites for hydroxylation is 1. The molecule has 0 heterocycles. The molecule has 3 aromatic rings. The molecule has 4 heteroatoms. The Bertz CT molecular complexity index is 1000. The molecule has 1 aliphatic carbocycles. The highest BCUT2D eigenvalue weighted by atomic mass is 19.3. The fraction of sp³-hybridized carbons (Fsp3) is 0.407. The molecule has 1 saturated carbocycles. The first-order valence-electron chi connectivity index (χ1n) is 11.3. The van der Waals surface area contributed by atoms with Crippen LogP contribution in [0.2, 0.25) is 0 Å². The maximum atomic E-state index is 15.2. The van der Waals surface area contributed by atoms with Gasteiger partial charge in [-0.3, -0.25) is 0 Å². The van der Waals surface area contributed by atoms with Crippen molar-refractivity contribution in [2.24, 2.45) is 11.8 Å². The number of ether oxygens (including phenoxy) is 1. The van der Waals surface area contributed by atoms with E-state index in [2.05, 4.69) is 17.7 Å². The van der Waals surface area contributed by atoms with E-state index >= 15 is 4.39 Å². The molecule has 0 saturated heterocycles. The lowest BCUT2D eigenvalue weighted by atomic mass is 9.78. The van der Waals surface area contributed by atoms with Crippen LogP contribution in [0, 0.1) is 17.7 Å². The van der Waals surface area contributed by atoms with E-state index in [-0.39, 0.29) is 11.6 Å². The summed E-state index contributed by atoms with van der Waals surface area (Å²) in [6, 6.07) is 15.8. The van der Waals surface area contributed by atoms with E-state index in [0.29, 0.717) is 16.5 Å². The molecule has 164 valence electrons. The smallest absolute Gasteiger partial charge is 0.387 e. The fourth-order valence-electron chi connectivity index (χ4n) is 4.83. The molecular formula is C27H29F3O. The van der Waals surface area contributed by atoms with E-state index in [4.69, 9.17) is 0 Å². The lowest BCUT2D eigenvalue weighted by Crippen LogP contribution is -2.14. The summed E-state index contributed by atoms with van der Waals surface area (Å²) in [5.74, 6) is 1.51. The number of alkyl halides is 2. The van der Waals surface area contributed by atoms with Crippen LogP contribution in [0.25, 0.3) is 21.9 Å². The molecule has 0 unspecified atom stereocenters. The summed E-state index contributed by atoms with van der Waals surface area (Å²) in [5, 5.41) is 1.48. The monoisotopic (exact) mass is 426 g/mol. The molecule has 0 bridgehead atoms. The third kappa shape index (κ3) is 5.23. The van der Waals surface area contributed by atoms with E-state index in [1.54, 1.807) is 18.2 Å². The van der Waals surface area contributed by atoms with Crippen LogP contribution in [0.5, 0.6) is 5.75 Å². The van der Waals surface area contributed by atoms with Gasteiger partial charge in [0.05, 0.1) is 0 Å². The molecule has 1 fully saturated rings. The molecule has 0 spiro atoms. The average Bonchev–Trinajstić information content (AvgIpc) is 2.78. The van der Waals surface area contributed by atoms with Crippen LogP contribution in [-0.2, 0) is 6.42 Å². The van der Waals surface area contributed by atoms with Crippen molar-refractivity contribution >= 4 is 10.8 Å². The number of fused-ring (bicyclic) bond motifs is 1. The number of hydrogen-bond acceptors (Lipinski definition) is 1. The number of hydrogen-bond donors (Lipinski definition) is 0. The first kappa shape index (κ1) is 21.7. The SMILES string of the molecule is CC[C@H]1CC[C@H](CCc2ccc3c(F)c(-c4ccc(OC(F)F)cc4)ccc3c2)CC1. The maximum Gasteiger partial charge on any atom is 0.387 e. The second-order valence-electron chi connectivity index (χ2n) is 8.72. The van der Waals surface area contributed by atoms with Crippen molar-refractivity contribution < 1.29 is 17.9 Å². The lowest BCUT2D eigenvalue weighted by Gasteiger charge is -2.27. The predicted molar refractivity (Wildman–Crippen MR) is 120 cm³/mol. The molecule has 0 radical (unpaired) electrons. The van der Waals surface area contributed by atoms with Gasteiger partial charge in [-0.2, -0.15) is 8.78 Å². The van der Waals surface area contributed by atoms with E-state index < -0.39 is 6.61 Å². The first-order valence-corrected chi connectivity index (χ1v) is 11.3. The van der Waals surface area contributed by atoms with E-state index in [0.717, 1.165) is 23.6 Å². The first-order chi connectivity index (χ1) is 15.0. The Kier molecular flexibility index (Phi) is 6.84. The van der Waals surface area contributed by atoms with Gasteiger partial charge in [0, 0.05) is 10.9 Å². The zero-order valence-corrected chi connectivity index (χ0v) is 17.9. The fourth-order valence-corrected chi connectivity index (χ4v) is 4.83. The predicted octanol–water partition coefficient (Wildman–Crippen LogP) is 8.40. The molecule has 0 N–H and O–H groups in total. The van der Waals surface area contributed by atoms with Crippen LogP contribution in [0.15, 0.2) is 54.6 Å². The highest BCUT2D eigenvalue weighted by Crippen LogP contribution is 2.34. The quantitative estimate of drug-likeness (QED) is 0.368. The van der Waals surface area contributed by atoms with Gasteiger partial charge in [-0.25, -0.2) is 4.39 Å². The summed E-state index contributed by atoms with van der Waals surface area (Å²) >= 11 is 0. The average molecular weight is 427 g/mol. The van der Waals surface area contributed by atoms with Crippen molar-refractivity contribution in [2.75, 3.05) is 0 Å². The largest absolute Gasteiger partial charge is 0.435 e. The molecule has 4 rings (SSSR count).